The maximum atomic E-state index is 12.5. The topological polar surface area (TPSA) is 84.4 Å². The van der Waals surface area contributed by atoms with Gasteiger partial charge in [0.15, 0.2) is 5.11 Å². The number of rotatable bonds is 7. The second-order valence-corrected chi connectivity index (χ2v) is 7.98. The lowest BCUT2D eigenvalue weighted by Crippen LogP contribution is -2.49. The molecule has 0 saturated heterocycles. The van der Waals surface area contributed by atoms with Crippen LogP contribution in [0.25, 0.3) is 10.9 Å². The van der Waals surface area contributed by atoms with Gasteiger partial charge in [-0.05, 0) is 53.5 Å². The van der Waals surface area contributed by atoms with Gasteiger partial charge in [-0.1, -0.05) is 54.6 Å². The molecule has 0 saturated carbocycles. The Kier molecular flexibility index (Phi) is 7.52. The zero-order valence-electron chi connectivity index (χ0n) is 18.4. The minimum absolute atomic E-state index is 0.00823. The first-order chi connectivity index (χ1) is 16.6. The zero-order valence-corrected chi connectivity index (χ0v) is 19.2. The van der Waals surface area contributed by atoms with E-state index in [1.54, 1.807) is 24.3 Å². The van der Waals surface area contributed by atoms with Gasteiger partial charge in [-0.25, -0.2) is 0 Å². The Morgan fingerprint density at radius 2 is 1.68 bits per heavy atom. The fourth-order valence-corrected chi connectivity index (χ4v) is 3.61. The van der Waals surface area contributed by atoms with Gasteiger partial charge in [0.2, 0.25) is 0 Å². The average Bonchev–Trinajstić information content (AvgIpc) is 3.26. The lowest BCUT2D eigenvalue weighted by Gasteiger charge is -2.12. The molecule has 34 heavy (non-hydrogen) atoms. The Bertz CT molecular complexity index is 1300. The number of amides is 2. The first-order valence-electron chi connectivity index (χ1n) is 10.8. The van der Waals surface area contributed by atoms with Gasteiger partial charge in [-0.2, -0.15) is 0 Å². The molecule has 0 radical (unpaired) electrons. The number of carbonyl (C=O) groups excluding carboxylic acids is 2. The molecule has 3 N–H and O–H groups in total. The number of fused-ring (bicyclic) bond motifs is 1. The number of hydrogen-bond acceptors (Lipinski definition) is 4. The summed E-state index contributed by atoms with van der Waals surface area (Å²) in [5.41, 5.74) is 7.61. The molecule has 4 rings (SSSR count). The highest BCUT2D eigenvalue weighted by atomic mass is 32.1. The van der Waals surface area contributed by atoms with E-state index in [2.05, 4.69) is 16.2 Å². The molecule has 3 aromatic carbocycles. The summed E-state index contributed by atoms with van der Waals surface area (Å²) in [5, 5.41) is 3.60. The van der Waals surface area contributed by atoms with Crippen LogP contribution in [0.5, 0.6) is 5.75 Å². The molecule has 4 aromatic rings. The Hall–Kier alpha value is -4.17. The van der Waals surface area contributed by atoms with Crippen LogP contribution in [0.4, 0.5) is 0 Å². The van der Waals surface area contributed by atoms with E-state index in [1.165, 1.54) is 5.56 Å². The predicted octanol–water partition coefficient (Wildman–Crippen LogP) is 3.60. The molecule has 0 unspecified atom stereocenters. The monoisotopic (exact) mass is 472 g/mol. The van der Waals surface area contributed by atoms with Crippen LogP contribution in [0, 0.1) is 0 Å². The minimum Gasteiger partial charge on any atom is -0.493 e. The summed E-state index contributed by atoms with van der Waals surface area (Å²) in [6, 6.07) is 26.6. The van der Waals surface area contributed by atoms with Gasteiger partial charge >= 0.3 is 0 Å². The molecule has 2 amide bonds. The quantitative estimate of drug-likeness (QED) is 0.283. The normalized spacial score (nSPS) is 10.5. The van der Waals surface area contributed by atoms with Crippen molar-refractivity contribution < 1.29 is 14.3 Å². The van der Waals surface area contributed by atoms with E-state index in [0.717, 1.165) is 17.3 Å². The van der Waals surface area contributed by atoms with E-state index < -0.39 is 5.91 Å². The summed E-state index contributed by atoms with van der Waals surface area (Å²) in [6.07, 6.45) is 2.61. The van der Waals surface area contributed by atoms with Gasteiger partial charge in [0.1, 0.15) is 12.3 Å². The van der Waals surface area contributed by atoms with Crippen LogP contribution in [0.15, 0.2) is 91.1 Å². The van der Waals surface area contributed by atoms with Crippen molar-refractivity contribution >= 4 is 40.0 Å². The molecule has 1 heterocycles. The smallest absolute Gasteiger partial charge is 0.258 e. The van der Waals surface area contributed by atoms with E-state index in [1.807, 2.05) is 71.4 Å². The molecule has 0 aliphatic heterocycles. The summed E-state index contributed by atoms with van der Waals surface area (Å²) < 4.78 is 7.61. The number of carbonyl (C=O) groups is 2. The van der Waals surface area contributed by atoms with Gasteiger partial charge in [0.05, 0.1) is 6.61 Å². The third-order valence-electron chi connectivity index (χ3n) is 5.14. The zero-order chi connectivity index (χ0) is 23.8. The molecule has 0 aliphatic rings. The lowest BCUT2D eigenvalue weighted by atomic mass is 10.2. The summed E-state index contributed by atoms with van der Waals surface area (Å²) in [7, 11) is 0. The van der Waals surface area contributed by atoms with Crippen LogP contribution in [-0.2, 0) is 17.8 Å². The highest BCUT2D eigenvalue weighted by Crippen LogP contribution is 2.15. The second-order valence-electron chi connectivity index (χ2n) is 7.57. The maximum Gasteiger partial charge on any atom is 0.258 e. The van der Waals surface area contributed by atoms with Gasteiger partial charge in [0, 0.05) is 23.7 Å². The molecule has 0 atom stereocenters. The van der Waals surface area contributed by atoms with Crippen molar-refractivity contribution in [3.8, 4) is 5.75 Å². The van der Waals surface area contributed by atoms with Crippen LogP contribution < -0.4 is 20.9 Å². The average molecular weight is 473 g/mol. The van der Waals surface area contributed by atoms with Gasteiger partial charge in [-0.15, -0.1) is 0 Å². The highest BCUT2D eigenvalue weighted by Gasteiger charge is 2.11. The third-order valence-corrected chi connectivity index (χ3v) is 5.34. The number of aromatic nitrogens is 1. The molecule has 8 heteroatoms. The van der Waals surface area contributed by atoms with Crippen LogP contribution >= 0.6 is 12.2 Å². The number of hydrogen-bond donors (Lipinski definition) is 3. The number of nitrogens with one attached hydrogen (secondary N) is 3. The van der Waals surface area contributed by atoms with Crippen LogP contribution in [0.2, 0.25) is 0 Å². The Morgan fingerprint density at radius 3 is 2.53 bits per heavy atom. The fourth-order valence-electron chi connectivity index (χ4n) is 3.46. The Labute approximate surface area is 202 Å². The summed E-state index contributed by atoms with van der Waals surface area (Å²) >= 11 is 5.13. The van der Waals surface area contributed by atoms with Crippen molar-refractivity contribution in [3.63, 3.8) is 0 Å². The number of thiocarbonyl (C=S) groups is 1. The summed E-state index contributed by atoms with van der Waals surface area (Å²) in [6.45, 7) is 0.608. The Morgan fingerprint density at radius 1 is 0.882 bits per heavy atom. The first-order valence-corrected chi connectivity index (χ1v) is 11.2. The van der Waals surface area contributed by atoms with Crippen LogP contribution in [0.3, 0.4) is 0 Å². The number of hydrazine groups is 1. The molecular weight excluding hydrogens is 448 g/mol. The van der Waals surface area contributed by atoms with Gasteiger partial charge in [-0.3, -0.25) is 25.8 Å². The minimum atomic E-state index is -0.406. The maximum absolute atomic E-state index is 12.5. The largest absolute Gasteiger partial charge is 0.493 e. The standard InChI is InChI=1S/C26H24N4O3S/c31-24(18-30-15-13-20-9-4-5-12-23(20)30)28-29-26(34)27-25(32)21-10-6-11-22(17-21)33-16-14-19-7-2-1-3-8-19/h1-13,15,17H,14,16,18H2,(H,28,31)(H2,27,29,32,34). The second kappa shape index (κ2) is 11.1. The molecule has 172 valence electrons. The number of benzene rings is 3. The summed E-state index contributed by atoms with van der Waals surface area (Å²) in [5.74, 6) is -0.113. The number of ether oxygens (including phenoxy) is 1. The van der Waals surface area contributed by atoms with Crippen molar-refractivity contribution in [1.82, 2.24) is 20.7 Å². The van der Waals surface area contributed by atoms with Crippen LogP contribution in [-0.4, -0.2) is 28.1 Å². The number of nitrogens with zero attached hydrogens (tertiary/aromatic N) is 1. The van der Waals surface area contributed by atoms with Gasteiger partial charge < -0.3 is 9.30 Å². The molecule has 0 bridgehead atoms. The highest BCUT2D eigenvalue weighted by molar-refractivity contribution is 7.80. The molecule has 0 spiro atoms. The van der Waals surface area contributed by atoms with E-state index >= 15 is 0 Å². The SMILES string of the molecule is O=C(Cn1ccc2ccccc21)NNC(=S)NC(=O)c1cccc(OCCc2ccccc2)c1. The molecule has 0 fully saturated rings. The van der Waals surface area contributed by atoms with Crippen LogP contribution in [0.1, 0.15) is 15.9 Å². The van der Waals surface area contributed by atoms with E-state index in [4.69, 9.17) is 17.0 Å². The summed E-state index contributed by atoms with van der Waals surface area (Å²) in [4.78, 5) is 24.8. The molecular formula is C26H24N4O3S. The first kappa shape index (κ1) is 23.0. The van der Waals surface area contributed by atoms with E-state index in [0.29, 0.717) is 17.9 Å². The molecule has 0 aliphatic carbocycles. The predicted molar refractivity (Wildman–Crippen MR) is 135 cm³/mol. The van der Waals surface area contributed by atoms with E-state index in [9.17, 15) is 9.59 Å². The van der Waals surface area contributed by atoms with E-state index in [-0.39, 0.29) is 17.6 Å². The Balaban J connectivity index is 1.23. The van der Waals surface area contributed by atoms with Crippen molar-refractivity contribution in [2.75, 3.05) is 6.61 Å². The van der Waals surface area contributed by atoms with Gasteiger partial charge in [0.25, 0.3) is 11.8 Å². The van der Waals surface area contributed by atoms with Crippen molar-refractivity contribution in [3.05, 3.63) is 102 Å². The van der Waals surface area contributed by atoms with Crippen molar-refractivity contribution in [1.29, 1.82) is 0 Å². The molecule has 7 nitrogen and oxygen atoms in total. The molecule has 1 aromatic heterocycles. The fraction of sp³-hybridized carbons (Fsp3) is 0.115. The van der Waals surface area contributed by atoms with Crippen molar-refractivity contribution in [2.45, 2.75) is 13.0 Å². The number of para-hydroxylation sites is 1. The van der Waals surface area contributed by atoms with Crippen molar-refractivity contribution in [2.24, 2.45) is 0 Å². The lowest BCUT2D eigenvalue weighted by molar-refractivity contribution is -0.122. The third kappa shape index (κ3) is 6.20.